The van der Waals surface area contributed by atoms with Gasteiger partial charge in [-0.15, -0.1) is 0 Å². The lowest BCUT2D eigenvalue weighted by atomic mass is 10.1. The number of benzene rings is 1. The monoisotopic (exact) mass is 223 g/mol. The number of hydrogen-bond acceptors (Lipinski definition) is 2. The molecular formula is C15H13NO. The Morgan fingerprint density at radius 3 is 2.65 bits per heavy atom. The number of aryl methyl sites for hydroxylation is 1. The Hall–Kier alpha value is -2.09. The molecule has 84 valence electrons. The van der Waals surface area contributed by atoms with Crippen molar-refractivity contribution in [3.63, 3.8) is 0 Å². The summed E-state index contributed by atoms with van der Waals surface area (Å²) in [5.74, 6) is 0.876. The normalized spacial score (nSPS) is 10.9. The first-order valence-corrected chi connectivity index (χ1v) is 5.80. The van der Waals surface area contributed by atoms with Crippen LogP contribution in [0.25, 0.3) is 22.4 Å². The second-order valence-electron chi connectivity index (χ2n) is 4.05. The van der Waals surface area contributed by atoms with Gasteiger partial charge in [0.1, 0.15) is 11.3 Å². The molecule has 0 radical (unpaired) electrons. The van der Waals surface area contributed by atoms with Gasteiger partial charge in [-0.2, -0.15) is 0 Å². The van der Waals surface area contributed by atoms with Gasteiger partial charge in [-0.3, -0.25) is 4.98 Å². The van der Waals surface area contributed by atoms with Crippen LogP contribution in [0.5, 0.6) is 0 Å². The van der Waals surface area contributed by atoms with Crippen LogP contribution < -0.4 is 0 Å². The summed E-state index contributed by atoms with van der Waals surface area (Å²) in [6.45, 7) is 2.15. The molecule has 0 atom stereocenters. The van der Waals surface area contributed by atoms with Crippen LogP contribution in [0.1, 0.15) is 12.5 Å². The minimum atomic E-state index is 0.835. The summed E-state index contributed by atoms with van der Waals surface area (Å²) in [7, 11) is 0. The van der Waals surface area contributed by atoms with Crippen LogP contribution >= 0.6 is 0 Å². The van der Waals surface area contributed by atoms with E-state index in [4.69, 9.17) is 4.42 Å². The zero-order valence-electron chi connectivity index (χ0n) is 9.68. The van der Waals surface area contributed by atoms with E-state index in [1.54, 1.807) is 6.20 Å². The van der Waals surface area contributed by atoms with E-state index in [0.717, 1.165) is 28.8 Å². The summed E-state index contributed by atoms with van der Waals surface area (Å²) in [5.41, 5.74) is 4.17. The van der Waals surface area contributed by atoms with Crippen LogP contribution in [0.15, 0.2) is 53.1 Å². The van der Waals surface area contributed by atoms with Gasteiger partial charge in [0.2, 0.25) is 0 Å². The number of rotatable bonds is 2. The van der Waals surface area contributed by atoms with Crippen molar-refractivity contribution in [3.8, 4) is 11.3 Å². The van der Waals surface area contributed by atoms with Crippen LogP contribution in [0.4, 0.5) is 0 Å². The largest absolute Gasteiger partial charge is 0.454 e. The summed E-state index contributed by atoms with van der Waals surface area (Å²) >= 11 is 0. The van der Waals surface area contributed by atoms with Gasteiger partial charge in [0.05, 0.1) is 0 Å². The number of nitrogens with zero attached hydrogens (tertiary/aromatic N) is 1. The van der Waals surface area contributed by atoms with E-state index in [1.165, 1.54) is 5.56 Å². The number of fused-ring (bicyclic) bond motifs is 1. The molecule has 2 heterocycles. The summed E-state index contributed by atoms with van der Waals surface area (Å²) in [6.07, 6.45) is 2.84. The average molecular weight is 223 g/mol. The van der Waals surface area contributed by atoms with Gasteiger partial charge in [0, 0.05) is 17.8 Å². The lowest BCUT2D eigenvalue weighted by Gasteiger charge is -1.98. The molecule has 0 amide bonds. The number of aromatic nitrogens is 1. The maximum Gasteiger partial charge on any atom is 0.153 e. The molecule has 3 aromatic rings. The summed E-state index contributed by atoms with van der Waals surface area (Å²) in [6, 6.07) is 14.3. The van der Waals surface area contributed by atoms with Crippen molar-refractivity contribution in [1.82, 2.24) is 4.98 Å². The second-order valence-corrected chi connectivity index (χ2v) is 4.05. The van der Waals surface area contributed by atoms with Crippen molar-refractivity contribution in [2.24, 2.45) is 0 Å². The molecule has 0 aliphatic rings. The predicted molar refractivity (Wildman–Crippen MR) is 68.8 cm³/mol. The van der Waals surface area contributed by atoms with E-state index in [0.29, 0.717) is 0 Å². The van der Waals surface area contributed by atoms with Crippen LogP contribution in [0, 0.1) is 0 Å². The van der Waals surface area contributed by atoms with Crippen molar-refractivity contribution >= 4 is 11.1 Å². The molecule has 0 saturated carbocycles. The van der Waals surface area contributed by atoms with Crippen molar-refractivity contribution in [2.75, 3.05) is 0 Å². The van der Waals surface area contributed by atoms with Gasteiger partial charge in [-0.1, -0.05) is 31.2 Å². The molecule has 0 bridgehead atoms. The Kier molecular flexibility index (Phi) is 2.41. The third-order valence-corrected chi connectivity index (χ3v) is 2.93. The average Bonchev–Trinajstić information content (AvgIpc) is 2.82. The zero-order valence-corrected chi connectivity index (χ0v) is 9.68. The molecule has 0 aliphatic carbocycles. The first kappa shape index (κ1) is 10.1. The fourth-order valence-corrected chi connectivity index (χ4v) is 1.92. The molecule has 2 nitrogen and oxygen atoms in total. The second kappa shape index (κ2) is 4.06. The fourth-order valence-electron chi connectivity index (χ4n) is 1.92. The topological polar surface area (TPSA) is 26.0 Å². The predicted octanol–water partition coefficient (Wildman–Crippen LogP) is 4.06. The Balaban J connectivity index is 2.07. The zero-order chi connectivity index (χ0) is 11.7. The summed E-state index contributed by atoms with van der Waals surface area (Å²) in [5, 5.41) is 0. The van der Waals surface area contributed by atoms with Crippen LogP contribution in [-0.2, 0) is 6.42 Å². The van der Waals surface area contributed by atoms with E-state index in [1.807, 2.05) is 18.2 Å². The molecule has 0 N–H and O–H groups in total. The van der Waals surface area contributed by atoms with Crippen molar-refractivity contribution in [2.45, 2.75) is 13.3 Å². The van der Waals surface area contributed by atoms with Gasteiger partial charge in [-0.25, -0.2) is 0 Å². The SMILES string of the molecule is CCc1ccc(-c2cc3ncccc3o2)cc1. The van der Waals surface area contributed by atoms with E-state index in [2.05, 4.69) is 36.2 Å². The van der Waals surface area contributed by atoms with Crippen molar-refractivity contribution < 1.29 is 4.42 Å². The molecule has 2 heteroatoms. The number of furan rings is 1. The van der Waals surface area contributed by atoms with Crippen molar-refractivity contribution in [3.05, 3.63) is 54.2 Å². The van der Waals surface area contributed by atoms with E-state index < -0.39 is 0 Å². The molecule has 0 fully saturated rings. The number of hydrogen-bond donors (Lipinski definition) is 0. The van der Waals surface area contributed by atoms with Gasteiger partial charge in [0.25, 0.3) is 0 Å². The van der Waals surface area contributed by atoms with Gasteiger partial charge >= 0.3 is 0 Å². The third kappa shape index (κ3) is 1.82. The minimum Gasteiger partial charge on any atom is -0.454 e. The molecule has 0 aliphatic heterocycles. The summed E-state index contributed by atoms with van der Waals surface area (Å²) < 4.78 is 5.77. The highest BCUT2D eigenvalue weighted by Crippen LogP contribution is 2.26. The molecule has 1 aromatic carbocycles. The maximum atomic E-state index is 5.77. The van der Waals surface area contributed by atoms with Crippen LogP contribution in [-0.4, -0.2) is 4.98 Å². The quantitative estimate of drug-likeness (QED) is 0.654. The van der Waals surface area contributed by atoms with Crippen LogP contribution in [0.3, 0.4) is 0 Å². The highest BCUT2D eigenvalue weighted by Gasteiger charge is 2.05. The standard InChI is InChI=1S/C15H13NO/c1-2-11-5-7-12(8-6-11)15-10-13-14(17-15)4-3-9-16-13/h3-10H,2H2,1H3. The molecule has 2 aromatic heterocycles. The Bertz CT molecular complexity index is 604. The van der Waals surface area contributed by atoms with Crippen molar-refractivity contribution in [1.29, 1.82) is 0 Å². The highest BCUT2D eigenvalue weighted by molar-refractivity contribution is 5.78. The molecular weight excluding hydrogens is 210 g/mol. The highest BCUT2D eigenvalue weighted by atomic mass is 16.3. The first-order chi connectivity index (χ1) is 8.36. The smallest absolute Gasteiger partial charge is 0.153 e. The Labute approximate surface area is 99.9 Å². The van der Waals surface area contributed by atoms with E-state index in [9.17, 15) is 0 Å². The van der Waals surface area contributed by atoms with Gasteiger partial charge < -0.3 is 4.42 Å². The maximum absolute atomic E-state index is 5.77. The van der Waals surface area contributed by atoms with Gasteiger partial charge in [-0.05, 0) is 24.1 Å². The Morgan fingerprint density at radius 2 is 1.94 bits per heavy atom. The minimum absolute atomic E-state index is 0.835. The summed E-state index contributed by atoms with van der Waals surface area (Å²) in [4.78, 5) is 4.27. The molecule has 0 saturated heterocycles. The lowest BCUT2D eigenvalue weighted by Crippen LogP contribution is -1.79. The number of pyridine rings is 1. The van der Waals surface area contributed by atoms with Gasteiger partial charge in [0.15, 0.2) is 5.58 Å². The Morgan fingerprint density at radius 1 is 1.12 bits per heavy atom. The van der Waals surface area contributed by atoms with E-state index >= 15 is 0 Å². The third-order valence-electron chi connectivity index (χ3n) is 2.93. The lowest BCUT2D eigenvalue weighted by molar-refractivity contribution is 0.631. The molecule has 17 heavy (non-hydrogen) atoms. The molecule has 3 rings (SSSR count). The molecule has 0 unspecified atom stereocenters. The first-order valence-electron chi connectivity index (χ1n) is 5.80. The van der Waals surface area contributed by atoms with E-state index in [-0.39, 0.29) is 0 Å². The molecule has 0 spiro atoms. The fraction of sp³-hybridized carbons (Fsp3) is 0.133. The van der Waals surface area contributed by atoms with Crippen LogP contribution in [0.2, 0.25) is 0 Å².